The third-order valence-electron chi connectivity index (χ3n) is 3.56. The van der Waals surface area contributed by atoms with Crippen LogP contribution < -0.4 is 18.9 Å². The van der Waals surface area contributed by atoms with Crippen molar-refractivity contribution in [3.63, 3.8) is 0 Å². The van der Waals surface area contributed by atoms with Crippen molar-refractivity contribution in [2.45, 2.75) is 5.03 Å². The van der Waals surface area contributed by atoms with Gasteiger partial charge >= 0.3 is 5.97 Å². The number of anilines is 1. The lowest BCUT2D eigenvalue weighted by molar-refractivity contribution is 0.0601. The normalized spacial score (nSPS) is 11.0. The first-order valence-corrected chi connectivity index (χ1v) is 9.18. The van der Waals surface area contributed by atoms with Crippen LogP contribution in [0.25, 0.3) is 0 Å². The topological polar surface area (TPSA) is 118 Å². The van der Waals surface area contributed by atoms with Gasteiger partial charge in [-0.3, -0.25) is 4.72 Å². The average molecular weight is 420 g/mol. The van der Waals surface area contributed by atoms with Crippen LogP contribution >= 0.6 is 11.6 Å². The highest BCUT2D eigenvalue weighted by molar-refractivity contribution is 7.92. The van der Waals surface area contributed by atoms with Crippen molar-refractivity contribution >= 4 is 33.3 Å². The third-order valence-corrected chi connectivity index (χ3v) is 5.40. The molecule has 1 N–H and O–H groups in total. The van der Waals surface area contributed by atoms with Crippen LogP contribution in [0.5, 0.6) is 17.2 Å². The molecule has 0 radical (unpaired) electrons. The van der Waals surface area contributed by atoms with E-state index in [0.717, 1.165) is 7.11 Å². The summed E-state index contributed by atoms with van der Waals surface area (Å²) in [5.74, 6) is -0.669. The quantitative estimate of drug-likeness (QED) is 0.673. The van der Waals surface area contributed by atoms with Crippen molar-refractivity contribution in [1.29, 1.82) is 0 Å². The number of nitrogens with zero attached hydrogens (tertiary/aromatic N) is 2. The van der Waals surface area contributed by atoms with Gasteiger partial charge in [0.2, 0.25) is 10.8 Å². The van der Waals surface area contributed by atoms with Crippen LogP contribution in [0.1, 0.15) is 10.4 Å². The van der Waals surface area contributed by atoms with Crippen molar-refractivity contribution in [1.82, 2.24) is 9.55 Å². The van der Waals surface area contributed by atoms with Crippen molar-refractivity contribution in [3.05, 3.63) is 23.1 Å². The summed E-state index contributed by atoms with van der Waals surface area (Å²) in [5.41, 5.74) is -0.355. The van der Waals surface area contributed by atoms with Gasteiger partial charge in [-0.1, -0.05) is 11.6 Å². The molecule has 0 aliphatic carbocycles. The molecule has 0 aliphatic rings. The largest absolute Gasteiger partial charge is 0.493 e. The number of benzene rings is 1. The molecule has 0 saturated carbocycles. The highest BCUT2D eigenvalue weighted by atomic mass is 35.5. The number of aromatic nitrogens is 2. The first-order valence-electron chi connectivity index (χ1n) is 7.32. The highest BCUT2D eigenvalue weighted by Crippen LogP contribution is 2.46. The van der Waals surface area contributed by atoms with Crippen molar-refractivity contribution in [2.24, 2.45) is 7.05 Å². The molecule has 2 rings (SSSR count). The summed E-state index contributed by atoms with van der Waals surface area (Å²) in [6.07, 6.45) is 1.24. The fraction of sp³-hybridized carbons (Fsp3) is 0.333. The maximum atomic E-state index is 12.8. The molecule has 2 aromatic rings. The van der Waals surface area contributed by atoms with Gasteiger partial charge in [0, 0.05) is 13.1 Å². The van der Waals surface area contributed by atoms with Crippen molar-refractivity contribution in [3.8, 4) is 17.2 Å². The molecule has 0 aliphatic heterocycles. The Morgan fingerprint density at radius 2 is 1.78 bits per heavy atom. The SMILES string of the molecule is COC(=O)c1cc(OC)c(OC)c(OC)c1NS(=O)(=O)c1ncn(C)c1Cl. The van der Waals surface area contributed by atoms with Gasteiger partial charge < -0.3 is 23.5 Å². The molecular formula is C15H18ClN3O7S. The van der Waals surface area contributed by atoms with Gasteiger partial charge in [0.15, 0.2) is 11.5 Å². The van der Waals surface area contributed by atoms with E-state index in [1.807, 2.05) is 0 Å². The lowest BCUT2D eigenvalue weighted by Crippen LogP contribution is -2.18. The van der Waals surface area contributed by atoms with Gasteiger partial charge in [-0.15, -0.1) is 0 Å². The van der Waals surface area contributed by atoms with Crippen LogP contribution in [0.4, 0.5) is 5.69 Å². The maximum absolute atomic E-state index is 12.8. The van der Waals surface area contributed by atoms with Gasteiger partial charge in [-0.25, -0.2) is 9.78 Å². The first-order chi connectivity index (χ1) is 12.7. The van der Waals surface area contributed by atoms with Crippen LogP contribution in [0.2, 0.25) is 5.15 Å². The number of nitrogens with one attached hydrogen (secondary N) is 1. The molecule has 0 unspecified atom stereocenters. The summed E-state index contributed by atoms with van der Waals surface area (Å²) in [4.78, 5) is 16.0. The summed E-state index contributed by atoms with van der Waals surface area (Å²) in [7, 11) is 2.40. The predicted octanol–water partition coefficient (Wildman–Crippen LogP) is 1.69. The molecule has 0 bridgehead atoms. The zero-order chi connectivity index (χ0) is 20.4. The second-order valence-electron chi connectivity index (χ2n) is 5.12. The van der Waals surface area contributed by atoms with E-state index in [-0.39, 0.29) is 33.7 Å². The maximum Gasteiger partial charge on any atom is 0.340 e. The molecule has 0 spiro atoms. The molecule has 1 aromatic carbocycles. The second kappa shape index (κ2) is 7.92. The molecule has 148 valence electrons. The van der Waals surface area contributed by atoms with E-state index >= 15 is 0 Å². The van der Waals surface area contributed by atoms with Gasteiger partial charge in [0.25, 0.3) is 10.0 Å². The molecule has 0 fully saturated rings. The number of halogens is 1. The molecule has 12 heteroatoms. The zero-order valence-electron chi connectivity index (χ0n) is 15.2. The van der Waals surface area contributed by atoms with E-state index in [1.54, 1.807) is 0 Å². The number of aryl methyl sites for hydroxylation is 1. The number of esters is 1. The van der Waals surface area contributed by atoms with Crippen LogP contribution in [0.3, 0.4) is 0 Å². The minimum Gasteiger partial charge on any atom is -0.493 e. The standard InChI is InChI=1S/C15H18ClN3O7S/c1-19-7-17-14(13(19)16)27(21,22)18-10-8(15(20)26-5)6-9(23-2)11(24-3)12(10)25-4/h6-7,18H,1-5H3. The fourth-order valence-corrected chi connectivity index (χ4v) is 3.80. The summed E-state index contributed by atoms with van der Waals surface area (Å²) in [6, 6.07) is 1.27. The van der Waals surface area contributed by atoms with Crippen LogP contribution in [-0.2, 0) is 21.8 Å². The lowest BCUT2D eigenvalue weighted by atomic mass is 10.1. The molecule has 1 heterocycles. The average Bonchev–Trinajstić information content (AvgIpc) is 2.99. The van der Waals surface area contributed by atoms with E-state index in [4.69, 9.17) is 30.5 Å². The highest BCUT2D eigenvalue weighted by Gasteiger charge is 2.30. The summed E-state index contributed by atoms with van der Waals surface area (Å²) >= 11 is 5.98. The Kier molecular flexibility index (Phi) is 6.06. The number of ether oxygens (including phenoxy) is 4. The molecule has 0 saturated heterocycles. The lowest BCUT2D eigenvalue weighted by Gasteiger charge is -2.19. The molecule has 27 heavy (non-hydrogen) atoms. The number of carbonyl (C=O) groups excluding carboxylic acids is 1. The van der Waals surface area contributed by atoms with E-state index < -0.39 is 21.0 Å². The number of hydrogen-bond acceptors (Lipinski definition) is 8. The van der Waals surface area contributed by atoms with Gasteiger partial charge in [-0.05, 0) is 0 Å². The second-order valence-corrected chi connectivity index (χ2v) is 7.07. The summed E-state index contributed by atoms with van der Waals surface area (Å²) in [5, 5.41) is -0.527. The number of rotatable bonds is 7. The minimum absolute atomic E-state index is 0.0760. The van der Waals surface area contributed by atoms with Crippen LogP contribution in [-0.4, -0.2) is 52.4 Å². The van der Waals surface area contributed by atoms with E-state index in [2.05, 4.69) is 9.71 Å². The molecule has 10 nitrogen and oxygen atoms in total. The van der Waals surface area contributed by atoms with E-state index in [0.29, 0.717) is 0 Å². The van der Waals surface area contributed by atoms with Gasteiger partial charge in [0.1, 0.15) is 10.8 Å². The monoisotopic (exact) mass is 419 g/mol. The first kappa shape index (κ1) is 20.6. The number of hydrogen-bond donors (Lipinski definition) is 1. The number of methoxy groups -OCH3 is 4. The molecule has 1 aromatic heterocycles. The van der Waals surface area contributed by atoms with E-state index in [9.17, 15) is 13.2 Å². The summed E-state index contributed by atoms with van der Waals surface area (Å²) in [6.45, 7) is 0. The van der Waals surface area contributed by atoms with Crippen LogP contribution in [0.15, 0.2) is 17.4 Å². The number of carbonyl (C=O) groups is 1. The van der Waals surface area contributed by atoms with Crippen molar-refractivity contribution < 1.29 is 32.2 Å². The van der Waals surface area contributed by atoms with Gasteiger partial charge in [0.05, 0.1) is 40.3 Å². The van der Waals surface area contributed by atoms with Crippen LogP contribution in [0, 0.1) is 0 Å². The Morgan fingerprint density at radius 1 is 1.15 bits per heavy atom. The Bertz CT molecular complexity index is 972. The van der Waals surface area contributed by atoms with E-state index in [1.165, 1.54) is 45.3 Å². The Balaban J connectivity index is 2.73. The Labute approximate surface area is 161 Å². The molecule has 0 atom stereocenters. The smallest absolute Gasteiger partial charge is 0.340 e. The minimum atomic E-state index is -4.26. The number of sulfonamides is 1. The predicted molar refractivity (Wildman–Crippen MR) is 96.5 cm³/mol. The number of imidazole rings is 1. The third kappa shape index (κ3) is 3.74. The zero-order valence-corrected chi connectivity index (χ0v) is 16.8. The molecule has 0 amide bonds. The Morgan fingerprint density at radius 3 is 2.22 bits per heavy atom. The molecular weight excluding hydrogens is 402 g/mol. The Hall–Kier alpha value is -2.66. The summed E-state index contributed by atoms with van der Waals surface area (Å²) < 4.78 is 49.5. The van der Waals surface area contributed by atoms with Gasteiger partial charge in [-0.2, -0.15) is 8.42 Å². The fourth-order valence-electron chi connectivity index (χ4n) is 2.29. The van der Waals surface area contributed by atoms with Crippen molar-refractivity contribution in [2.75, 3.05) is 33.2 Å².